The molecule has 5 aliphatic carbocycles. The van der Waals surface area contributed by atoms with Gasteiger partial charge in [0.1, 0.15) is 0 Å². The molecule has 0 radical (unpaired) electrons. The van der Waals surface area contributed by atoms with Crippen LogP contribution in [0.5, 0.6) is 0 Å². The number of urea groups is 1. The standard InChI is InChI=1S/C26H41N3O2S/c30-23(6-5-19-3-1-2-4-19)29-11-12-32-26(29)7-9-28(10-8-26)24(31)27-25-16-20-13-21(17-25)15-22(14-20)18-25/h19-22H,1-18H2,(H,27,31). The van der Waals surface area contributed by atoms with Crippen LogP contribution in [0, 0.1) is 23.7 Å². The van der Waals surface area contributed by atoms with E-state index in [9.17, 15) is 9.59 Å². The zero-order valence-electron chi connectivity index (χ0n) is 19.7. The van der Waals surface area contributed by atoms with E-state index in [4.69, 9.17) is 0 Å². The molecule has 6 heteroatoms. The number of nitrogens with one attached hydrogen (secondary N) is 1. The molecule has 7 fully saturated rings. The van der Waals surface area contributed by atoms with E-state index >= 15 is 0 Å². The molecule has 2 heterocycles. The van der Waals surface area contributed by atoms with Crippen molar-refractivity contribution in [1.29, 1.82) is 0 Å². The largest absolute Gasteiger partial charge is 0.333 e. The van der Waals surface area contributed by atoms with Crippen LogP contribution in [0.25, 0.3) is 0 Å². The Bertz CT molecular complexity index is 706. The molecule has 7 aliphatic rings. The lowest BCUT2D eigenvalue weighted by Crippen LogP contribution is -2.63. The van der Waals surface area contributed by atoms with Crippen molar-refractivity contribution in [3.8, 4) is 0 Å². The fraction of sp³-hybridized carbons (Fsp3) is 0.923. The van der Waals surface area contributed by atoms with Crippen LogP contribution in [-0.4, -0.2) is 57.5 Å². The zero-order valence-corrected chi connectivity index (χ0v) is 20.5. The number of thioether (sulfide) groups is 1. The SMILES string of the molecule is O=C(NC12CC3CC(CC(C3)C1)C2)N1CCC2(CC1)SCCN2C(=O)CCC1CCCC1. The number of carbonyl (C=O) groups is 2. The molecular formula is C26H41N3O2S. The molecule has 4 bridgehead atoms. The quantitative estimate of drug-likeness (QED) is 0.643. The number of amides is 3. The van der Waals surface area contributed by atoms with Crippen LogP contribution in [0.2, 0.25) is 0 Å². The summed E-state index contributed by atoms with van der Waals surface area (Å²) in [5.41, 5.74) is 0.0886. The first-order valence-electron chi connectivity index (χ1n) is 13.5. The second kappa shape index (κ2) is 8.39. The van der Waals surface area contributed by atoms with Crippen molar-refractivity contribution >= 4 is 23.7 Å². The van der Waals surface area contributed by atoms with Crippen LogP contribution < -0.4 is 5.32 Å². The lowest BCUT2D eigenvalue weighted by molar-refractivity contribution is -0.135. The Labute approximate surface area is 197 Å². The van der Waals surface area contributed by atoms with Crippen LogP contribution >= 0.6 is 11.8 Å². The highest BCUT2D eigenvalue weighted by Crippen LogP contribution is 2.55. The van der Waals surface area contributed by atoms with Gasteiger partial charge in [-0.2, -0.15) is 0 Å². The summed E-state index contributed by atoms with van der Waals surface area (Å²) in [5, 5.41) is 3.56. The van der Waals surface area contributed by atoms with Crippen molar-refractivity contribution in [2.45, 2.75) is 100 Å². The van der Waals surface area contributed by atoms with Gasteiger partial charge in [-0.05, 0) is 81.5 Å². The van der Waals surface area contributed by atoms with Gasteiger partial charge in [0.05, 0.1) is 4.87 Å². The number of nitrogens with zero attached hydrogens (tertiary/aromatic N) is 2. The molecule has 0 aromatic heterocycles. The Morgan fingerprint density at radius 2 is 1.53 bits per heavy atom. The lowest BCUT2D eigenvalue weighted by atomic mass is 9.53. The topological polar surface area (TPSA) is 52.7 Å². The molecule has 7 rings (SSSR count). The van der Waals surface area contributed by atoms with Gasteiger partial charge < -0.3 is 15.1 Å². The van der Waals surface area contributed by atoms with Crippen molar-refractivity contribution in [1.82, 2.24) is 15.1 Å². The van der Waals surface area contributed by atoms with E-state index < -0.39 is 0 Å². The van der Waals surface area contributed by atoms with Crippen LogP contribution in [0.1, 0.15) is 89.9 Å². The monoisotopic (exact) mass is 459 g/mol. The van der Waals surface area contributed by atoms with Gasteiger partial charge in [-0.25, -0.2) is 4.79 Å². The molecule has 3 amide bonds. The molecule has 5 saturated carbocycles. The fourth-order valence-electron chi connectivity index (χ4n) is 8.77. The summed E-state index contributed by atoms with van der Waals surface area (Å²) in [6, 6.07) is 0.170. The summed E-state index contributed by atoms with van der Waals surface area (Å²) in [6.07, 6.45) is 16.9. The number of carbonyl (C=O) groups excluding carboxylic acids is 2. The van der Waals surface area contributed by atoms with Gasteiger partial charge in [-0.1, -0.05) is 25.7 Å². The highest BCUT2D eigenvalue weighted by Gasteiger charge is 2.52. The minimum atomic E-state index is -0.0514. The van der Waals surface area contributed by atoms with Crippen LogP contribution in [0.15, 0.2) is 0 Å². The van der Waals surface area contributed by atoms with Gasteiger partial charge in [0.2, 0.25) is 5.91 Å². The maximum Gasteiger partial charge on any atom is 0.317 e. The van der Waals surface area contributed by atoms with Crippen molar-refractivity contribution in [3.05, 3.63) is 0 Å². The molecular weight excluding hydrogens is 418 g/mol. The summed E-state index contributed by atoms with van der Waals surface area (Å²) < 4.78 is 0. The number of likely N-dealkylation sites (tertiary alicyclic amines) is 1. The Kier molecular flexibility index (Phi) is 5.67. The van der Waals surface area contributed by atoms with Crippen molar-refractivity contribution in [2.24, 2.45) is 23.7 Å². The average molecular weight is 460 g/mol. The van der Waals surface area contributed by atoms with E-state index in [1.165, 1.54) is 64.2 Å². The van der Waals surface area contributed by atoms with E-state index in [2.05, 4.69) is 15.1 Å². The summed E-state index contributed by atoms with van der Waals surface area (Å²) in [4.78, 5) is 30.6. The normalized spacial score (nSPS) is 38.1. The third kappa shape index (κ3) is 3.96. The Hall–Kier alpha value is -0.910. The molecule has 5 nitrogen and oxygen atoms in total. The van der Waals surface area contributed by atoms with Gasteiger partial charge >= 0.3 is 6.03 Å². The minimum Gasteiger partial charge on any atom is -0.333 e. The summed E-state index contributed by atoms with van der Waals surface area (Å²) in [5.74, 6) is 4.75. The molecule has 178 valence electrons. The van der Waals surface area contributed by atoms with Crippen molar-refractivity contribution in [3.63, 3.8) is 0 Å². The minimum absolute atomic E-state index is 0.0514. The maximum absolute atomic E-state index is 13.3. The van der Waals surface area contributed by atoms with Crippen molar-refractivity contribution in [2.75, 3.05) is 25.4 Å². The summed E-state index contributed by atoms with van der Waals surface area (Å²) in [6.45, 7) is 2.48. The third-order valence-electron chi connectivity index (χ3n) is 9.96. The van der Waals surface area contributed by atoms with Gasteiger partial charge in [-0.3, -0.25) is 4.79 Å². The molecule has 2 saturated heterocycles. The molecule has 0 aromatic rings. The van der Waals surface area contributed by atoms with E-state index in [-0.39, 0.29) is 16.4 Å². The summed E-state index contributed by atoms with van der Waals surface area (Å²) >= 11 is 1.98. The molecule has 0 aromatic carbocycles. The molecule has 2 aliphatic heterocycles. The van der Waals surface area contributed by atoms with Gasteiger partial charge in [-0.15, -0.1) is 11.8 Å². The number of piperidine rings is 1. The summed E-state index contributed by atoms with van der Waals surface area (Å²) in [7, 11) is 0. The number of rotatable bonds is 4. The number of hydrogen-bond acceptors (Lipinski definition) is 3. The first-order chi connectivity index (χ1) is 15.5. The van der Waals surface area contributed by atoms with Crippen molar-refractivity contribution < 1.29 is 9.59 Å². The van der Waals surface area contributed by atoms with Gasteiger partial charge in [0, 0.05) is 37.3 Å². The van der Waals surface area contributed by atoms with Gasteiger partial charge in [0.15, 0.2) is 0 Å². The highest BCUT2D eigenvalue weighted by atomic mass is 32.2. The van der Waals surface area contributed by atoms with Crippen LogP contribution in [-0.2, 0) is 4.79 Å². The van der Waals surface area contributed by atoms with E-state index in [1.807, 2.05) is 11.8 Å². The average Bonchev–Trinajstić information content (AvgIpc) is 3.41. The van der Waals surface area contributed by atoms with Crippen LogP contribution in [0.4, 0.5) is 4.79 Å². The molecule has 0 unspecified atom stereocenters. The molecule has 0 atom stereocenters. The van der Waals surface area contributed by atoms with Crippen LogP contribution in [0.3, 0.4) is 0 Å². The number of hydrogen-bond donors (Lipinski definition) is 1. The second-order valence-electron chi connectivity index (χ2n) is 12.1. The molecule has 1 spiro atoms. The first-order valence-corrected chi connectivity index (χ1v) is 14.5. The maximum atomic E-state index is 13.3. The smallest absolute Gasteiger partial charge is 0.317 e. The van der Waals surface area contributed by atoms with E-state index in [0.717, 1.165) is 74.7 Å². The van der Waals surface area contributed by atoms with Gasteiger partial charge in [0.25, 0.3) is 0 Å². The molecule has 1 N–H and O–H groups in total. The Balaban J connectivity index is 1.04. The highest BCUT2D eigenvalue weighted by molar-refractivity contribution is 8.00. The second-order valence-corrected chi connectivity index (χ2v) is 13.6. The Morgan fingerprint density at radius 1 is 0.906 bits per heavy atom. The zero-order chi connectivity index (χ0) is 21.8. The first kappa shape index (κ1) is 21.6. The molecule has 32 heavy (non-hydrogen) atoms. The predicted octanol–water partition coefficient (Wildman–Crippen LogP) is 5.00. The van der Waals surface area contributed by atoms with E-state index in [0.29, 0.717) is 5.91 Å². The predicted molar refractivity (Wildman–Crippen MR) is 128 cm³/mol. The lowest BCUT2D eigenvalue weighted by Gasteiger charge is -2.57. The van der Waals surface area contributed by atoms with E-state index in [1.54, 1.807) is 0 Å². The fourth-order valence-corrected chi connectivity index (χ4v) is 10.2. The third-order valence-corrected chi connectivity index (χ3v) is 11.5. The Morgan fingerprint density at radius 3 is 2.16 bits per heavy atom.